The summed E-state index contributed by atoms with van der Waals surface area (Å²) in [6.07, 6.45) is -1.59. The fraction of sp³-hybridized carbons (Fsp3) is 0.412. The van der Waals surface area contributed by atoms with Gasteiger partial charge in [-0.2, -0.15) is 18.4 Å². The molecule has 0 aromatic heterocycles. The minimum atomic E-state index is -4.66. The molecule has 4 nitrogen and oxygen atoms in total. The second-order valence-electron chi connectivity index (χ2n) is 6.04. The highest BCUT2D eigenvalue weighted by atomic mass is 19.4. The Hall–Kier alpha value is -2.49. The van der Waals surface area contributed by atoms with Gasteiger partial charge in [-0.05, 0) is 45.9 Å². The Bertz CT molecular complexity index is 668. The maximum atomic E-state index is 13.1. The molecule has 0 aliphatic carbocycles. The van der Waals surface area contributed by atoms with E-state index < -0.39 is 28.9 Å². The van der Waals surface area contributed by atoms with Gasteiger partial charge in [-0.15, -0.1) is 0 Å². The monoisotopic (exact) mass is 340 g/mol. The molecule has 0 amide bonds. The van der Waals surface area contributed by atoms with Crippen LogP contribution in [-0.2, 0) is 15.7 Å². The van der Waals surface area contributed by atoms with E-state index in [0.717, 1.165) is 12.1 Å². The molecular formula is C17H19F3N2O2. The third-order valence-corrected chi connectivity index (χ3v) is 2.81. The molecule has 1 aromatic carbocycles. The number of nitrogens with zero attached hydrogens (tertiary/aromatic N) is 2. The van der Waals surface area contributed by atoms with Crippen molar-refractivity contribution >= 4 is 11.7 Å². The maximum Gasteiger partial charge on any atom is 0.417 e. The molecule has 24 heavy (non-hydrogen) atoms. The molecule has 0 heterocycles. The molecule has 0 atom stereocenters. The first-order chi connectivity index (χ1) is 11.0. The van der Waals surface area contributed by atoms with Gasteiger partial charge in [-0.1, -0.05) is 6.08 Å². The largest absolute Gasteiger partial charge is 0.459 e. The van der Waals surface area contributed by atoms with Gasteiger partial charge in [0.05, 0.1) is 17.2 Å². The third-order valence-electron chi connectivity index (χ3n) is 2.81. The zero-order valence-electron chi connectivity index (χ0n) is 13.9. The van der Waals surface area contributed by atoms with Gasteiger partial charge in [0.25, 0.3) is 0 Å². The smallest absolute Gasteiger partial charge is 0.417 e. The number of anilines is 1. The quantitative estimate of drug-likeness (QED) is 0.769. The number of ether oxygens (including phenoxy) is 1. The van der Waals surface area contributed by atoms with Gasteiger partial charge < -0.3 is 9.64 Å². The van der Waals surface area contributed by atoms with Crippen LogP contribution in [0.15, 0.2) is 30.5 Å². The van der Waals surface area contributed by atoms with E-state index in [4.69, 9.17) is 10.00 Å². The van der Waals surface area contributed by atoms with Crippen LogP contribution in [0.3, 0.4) is 0 Å². The molecule has 0 N–H and O–H groups in total. The van der Waals surface area contributed by atoms with Crippen LogP contribution in [-0.4, -0.2) is 18.1 Å². The zero-order chi connectivity index (χ0) is 18.5. The Morgan fingerprint density at radius 2 is 1.96 bits per heavy atom. The lowest BCUT2D eigenvalue weighted by Crippen LogP contribution is -2.32. The number of carbonyl (C=O) groups is 1. The number of halogens is 3. The van der Waals surface area contributed by atoms with Crippen molar-refractivity contribution in [1.82, 2.24) is 0 Å². The summed E-state index contributed by atoms with van der Waals surface area (Å²) < 4.78 is 44.4. The number of rotatable bonds is 4. The van der Waals surface area contributed by atoms with Gasteiger partial charge in [0.2, 0.25) is 0 Å². The van der Waals surface area contributed by atoms with Gasteiger partial charge in [-0.3, -0.25) is 4.79 Å². The molecule has 1 rings (SSSR count). The first-order valence-electron chi connectivity index (χ1n) is 7.20. The highest BCUT2D eigenvalue weighted by Crippen LogP contribution is 2.34. The molecule has 0 spiro atoms. The number of allylic oxidation sites excluding steroid dienone is 1. The Morgan fingerprint density at radius 1 is 1.33 bits per heavy atom. The van der Waals surface area contributed by atoms with E-state index in [-0.39, 0.29) is 12.2 Å². The minimum Gasteiger partial charge on any atom is -0.459 e. The van der Waals surface area contributed by atoms with Crippen LogP contribution >= 0.6 is 0 Å². The number of nitriles is 1. The summed E-state index contributed by atoms with van der Waals surface area (Å²) in [6, 6.07) is 4.82. The molecule has 0 fully saturated rings. The molecule has 0 radical (unpaired) electrons. The highest BCUT2D eigenvalue weighted by molar-refractivity contribution is 5.77. The molecule has 0 saturated heterocycles. The van der Waals surface area contributed by atoms with Crippen molar-refractivity contribution in [2.24, 2.45) is 0 Å². The maximum absolute atomic E-state index is 13.1. The third kappa shape index (κ3) is 5.61. The number of carbonyl (C=O) groups excluding carboxylic acids is 1. The number of esters is 1. The Morgan fingerprint density at radius 3 is 2.42 bits per heavy atom. The fourth-order valence-corrected chi connectivity index (χ4v) is 1.97. The second kappa shape index (κ2) is 7.39. The van der Waals surface area contributed by atoms with Gasteiger partial charge in [0.15, 0.2) is 0 Å². The highest BCUT2D eigenvalue weighted by Gasteiger charge is 2.34. The van der Waals surface area contributed by atoms with E-state index in [9.17, 15) is 18.0 Å². The summed E-state index contributed by atoms with van der Waals surface area (Å²) in [5.41, 5.74) is -2.06. The Balaban J connectivity index is 3.18. The number of benzene rings is 1. The molecule has 0 aliphatic rings. The average Bonchev–Trinajstić information content (AvgIpc) is 2.43. The van der Waals surface area contributed by atoms with Crippen molar-refractivity contribution in [2.45, 2.75) is 39.5 Å². The number of alkyl halides is 3. The number of hydrogen-bond acceptors (Lipinski definition) is 4. The lowest BCUT2D eigenvalue weighted by Gasteiger charge is -2.24. The fourth-order valence-electron chi connectivity index (χ4n) is 1.97. The van der Waals surface area contributed by atoms with Crippen LogP contribution in [0.1, 0.15) is 38.8 Å². The first kappa shape index (κ1) is 19.6. The summed E-state index contributed by atoms with van der Waals surface area (Å²) in [6.45, 7) is 6.54. The summed E-state index contributed by atoms with van der Waals surface area (Å²) in [7, 11) is 0. The SMILES string of the molecule is C/C=C\N(CC(=O)OC(C)(C)C)c1ccc(C#N)c(C(F)(F)F)c1. The van der Waals surface area contributed by atoms with E-state index in [1.54, 1.807) is 33.8 Å². The summed E-state index contributed by atoms with van der Waals surface area (Å²) in [5, 5.41) is 8.84. The predicted molar refractivity (Wildman–Crippen MR) is 84.2 cm³/mol. The van der Waals surface area contributed by atoms with E-state index in [0.29, 0.717) is 0 Å². The number of hydrogen-bond donors (Lipinski definition) is 0. The minimum absolute atomic E-state index is 0.144. The van der Waals surface area contributed by atoms with Crippen molar-refractivity contribution in [1.29, 1.82) is 5.26 Å². The van der Waals surface area contributed by atoms with Crippen molar-refractivity contribution < 1.29 is 22.7 Å². The van der Waals surface area contributed by atoms with Gasteiger partial charge >= 0.3 is 12.1 Å². The van der Waals surface area contributed by atoms with E-state index in [1.165, 1.54) is 23.2 Å². The topological polar surface area (TPSA) is 53.3 Å². The van der Waals surface area contributed by atoms with Crippen LogP contribution in [0.25, 0.3) is 0 Å². The van der Waals surface area contributed by atoms with Crippen molar-refractivity contribution in [2.75, 3.05) is 11.4 Å². The van der Waals surface area contributed by atoms with Crippen molar-refractivity contribution in [3.63, 3.8) is 0 Å². The second-order valence-corrected chi connectivity index (χ2v) is 6.04. The molecule has 0 unspecified atom stereocenters. The summed E-state index contributed by atoms with van der Waals surface area (Å²) in [4.78, 5) is 13.3. The van der Waals surface area contributed by atoms with Gasteiger partial charge in [-0.25, -0.2) is 0 Å². The lowest BCUT2D eigenvalue weighted by molar-refractivity contribution is -0.152. The molecular weight excluding hydrogens is 321 g/mol. The molecule has 0 bridgehead atoms. The van der Waals surface area contributed by atoms with E-state index >= 15 is 0 Å². The van der Waals surface area contributed by atoms with Crippen LogP contribution in [0.2, 0.25) is 0 Å². The summed E-state index contributed by atoms with van der Waals surface area (Å²) in [5.74, 6) is -0.571. The standard InChI is InChI=1S/C17H19F3N2O2/c1-5-8-22(11-15(23)24-16(2,3)4)13-7-6-12(10-21)14(9-13)17(18,19)20/h5-9H,11H2,1-4H3/b8-5-. The van der Waals surface area contributed by atoms with E-state index in [1.807, 2.05) is 0 Å². The molecule has 130 valence electrons. The van der Waals surface area contributed by atoms with Gasteiger partial charge in [0.1, 0.15) is 12.1 Å². The normalized spacial score (nSPS) is 12.1. The van der Waals surface area contributed by atoms with Crippen LogP contribution in [0, 0.1) is 11.3 Å². The van der Waals surface area contributed by atoms with Crippen molar-refractivity contribution in [3.8, 4) is 6.07 Å². The molecule has 0 aliphatic heterocycles. The lowest BCUT2D eigenvalue weighted by atomic mass is 10.1. The van der Waals surface area contributed by atoms with Crippen LogP contribution in [0.5, 0.6) is 0 Å². The van der Waals surface area contributed by atoms with Gasteiger partial charge in [0, 0.05) is 11.9 Å². The molecule has 1 aromatic rings. The van der Waals surface area contributed by atoms with E-state index in [2.05, 4.69) is 0 Å². The van der Waals surface area contributed by atoms with Crippen LogP contribution in [0.4, 0.5) is 18.9 Å². The Kier molecular flexibility index (Phi) is 6.02. The first-order valence-corrected chi connectivity index (χ1v) is 7.20. The summed E-state index contributed by atoms with van der Waals surface area (Å²) >= 11 is 0. The predicted octanol–water partition coefficient (Wildman–Crippen LogP) is 4.26. The van der Waals surface area contributed by atoms with Crippen LogP contribution < -0.4 is 4.90 Å². The molecule has 7 heteroatoms. The molecule has 0 saturated carbocycles. The Labute approximate surface area is 139 Å². The van der Waals surface area contributed by atoms with Crippen molar-refractivity contribution in [3.05, 3.63) is 41.6 Å². The zero-order valence-corrected chi connectivity index (χ0v) is 13.9. The average molecular weight is 340 g/mol.